The van der Waals surface area contributed by atoms with Gasteiger partial charge in [-0.05, 0) is 12.1 Å². The molecule has 1 aromatic heterocycles. The van der Waals surface area contributed by atoms with Gasteiger partial charge < -0.3 is 4.74 Å². The molecule has 1 aromatic carbocycles. The quantitative estimate of drug-likeness (QED) is 0.618. The maximum absolute atomic E-state index is 10.7. The third kappa shape index (κ3) is 2.51. The van der Waals surface area contributed by atoms with Gasteiger partial charge in [0.1, 0.15) is 11.9 Å². The first-order valence-corrected chi connectivity index (χ1v) is 5.07. The van der Waals surface area contributed by atoms with Gasteiger partial charge in [-0.2, -0.15) is 0 Å². The number of rotatable bonds is 3. The van der Waals surface area contributed by atoms with E-state index >= 15 is 0 Å². The summed E-state index contributed by atoms with van der Waals surface area (Å²) in [6, 6.07) is 8.17. The van der Waals surface area contributed by atoms with Gasteiger partial charge in [-0.15, -0.1) is 0 Å². The molecule has 2 rings (SSSR count). The fraction of sp³-hybridized carbons (Fsp3) is 0. The molecule has 0 bridgehead atoms. The molecule has 6 heteroatoms. The molecule has 5 nitrogen and oxygen atoms in total. The smallest absolute Gasteiger partial charge is 0.329 e. The van der Waals surface area contributed by atoms with Crippen LogP contribution in [0.5, 0.6) is 11.5 Å². The minimum atomic E-state index is -0.556. The SMILES string of the molecule is O=[N+]([O-])c1cnccc1Oc1ccccc1Cl. The number of ether oxygens (including phenoxy) is 1. The van der Waals surface area contributed by atoms with Gasteiger partial charge in [0.05, 0.1) is 9.95 Å². The lowest BCUT2D eigenvalue weighted by atomic mass is 10.3. The van der Waals surface area contributed by atoms with Gasteiger partial charge >= 0.3 is 5.69 Å². The molecule has 0 saturated heterocycles. The van der Waals surface area contributed by atoms with Gasteiger partial charge in [0.2, 0.25) is 5.75 Å². The number of hydrogen-bond acceptors (Lipinski definition) is 4. The molecule has 0 amide bonds. The Labute approximate surface area is 102 Å². The Hall–Kier alpha value is -2.14. The van der Waals surface area contributed by atoms with Crippen molar-refractivity contribution in [1.82, 2.24) is 4.98 Å². The van der Waals surface area contributed by atoms with E-state index in [1.807, 2.05) is 0 Å². The van der Waals surface area contributed by atoms with E-state index in [4.69, 9.17) is 16.3 Å². The zero-order chi connectivity index (χ0) is 12.3. The second-order valence-electron chi connectivity index (χ2n) is 3.13. The number of halogens is 1. The maximum Gasteiger partial charge on any atom is 0.329 e. The third-order valence-electron chi connectivity index (χ3n) is 2.01. The van der Waals surface area contributed by atoms with Gasteiger partial charge in [0.25, 0.3) is 0 Å². The van der Waals surface area contributed by atoms with Gasteiger partial charge in [0, 0.05) is 12.3 Å². The zero-order valence-corrected chi connectivity index (χ0v) is 9.29. The van der Waals surface area contributed by atoms with Crippen molar-refractivity contribution in [2.45, 2.75) is 0 Å². The van der Waals surface area contributed by atoms with Crippen molar-refractivity contribution in [2.24, 2.45) is 0 Å². The summed E-state index contributed by atoms with van der Waals surface area (Å²) < 4.78 is 5.39. The van der Waals surface area contributed by atoms with Crippen molar-refractivity contribution < 1.29 is 9.66 Å². The molecule has 0 N–H and O–H groups in total. The largest absolute Gasteiger partial charge is 0.448 e. The Kier molecular flexibility index (Phi) is 3.20. The first-order valence-electron chi connectivity index (χ1n) is 4.69. The lowest BCUT2D eigenvalue weighted by molar-refractivity contribution is -0.386. The fourth-order valence-electron chi connectivity index (χ4n) is 1.24. The van der Waals surface area contributed by atoms with E-state index in [9.17, 15) is 10.1 Å². The van der Waals surface area contributed by atoms with Crippen LogP contribution >= 0.6 is 11.6 Å². The number of pyridine rings is 1. The minimum absolute atomic E-state index is 0.109. The summed E-state index contributed by atoms with van der Waals surface area (Å²) in [4.78, 5) is 13.9. The summed E-state index contributed by atoms with van der Waals surface area (Å²) in [5.41, 5.74) is -0.201. The molecule has 0 aliphatic heterocycles. The van der Waals surface area contributed by atoms with Crippen molar-refractivity contribution in [3.63, 3.8) is 0 Å². The number of hydrogen-bond donors (Lipinski definition) is 0. The van der Waals surface area contributed by atoms with E-state index in [1.165, 1.54) is 12.3 Å². The Bertz CT molecular complexity index is 560. The predicted molar refractivity (Wildman–Crippen MR) is 62.4 cm³/mol. The molecular weight excluding hydrogens is 244 g/mol. The van der Waals surface area contributed by atoms with Crippen LogP contribution in [0.3, 0.4) is 0 Å². The second kappa shape index (κ2) is 4.80. The topological polar surface area (TPSA) is 65.3 Å². The number of benzene rings is 1. The van der Waals surface area contributed by atoms with Crippen LogP contribution in [0, 0.1) is 10.1 Å². The Morgan fingerprint density at radius 3 is 2.71 bits per heavy atom. The molecule has 0 saturated carbocycles. The molecular formula is C11H7ClN2O3. The van der Waals surface area contributed by atoms with Crippen LogP contribution in [-0.2, 0) is 0 Å². The fourth-order valence-corrected chi connectivity index (χ4v) is 1.42. The molecule has 0 atom stereocenters. The molecule has 86 valence electrons. The van der Waals surface area contributed by atoms with Crippen LogP contribution in [0.1, 0.15) is 0 Å². The van der Waals surface area contributed by atoms with Crippen molar-refractivity contribution in [3.05, 3.63) is 57.9 Å². The average Bonchev–Trinajstić information content (AvgIpc) is 2.32. The molecule has 0 aliphatic carbocycles. The zero-order valence-electron chi connectivity index (χ0n) is 8.54. The van der Waals surface area contributed by atoms with E-state index in [0.29, 0.717) is 10.8 Å². The summed E-state index contributed by atoms with van der Waals surface area (Å²) in [6.45, 7) is 0. The first-order chi connectivity index (χ1) is 8.18. The molecule has 0 unspecified atom stereocenters. The van der Waals surface area contributed by atoms with Crippen molar-refractivity contribution in [1.29, 1.82) is 0 Å². The van der Waals surface area contributed by atoms with E-state index < -0.39 is 4.92 Å². The summed E-state index contributed by atoms with van der Waals surface area (Å²) in [5, 5.41) is 11.1. The molecule has 1 heterocycles. The molecule has 0 fully saturated rings. The van der Waals surface area contributed by atoms with Crippen molar-refractivity contribution in [3.8, 4) is 11.5 Å². The number of para-hydroxylation sites is 1. The number of aromatic nitrogens is 1. The highest BCUT2D eigenvalue weighted by Gasteiger charge is 2.16. The second-order valence-corrected chi connectivity index (χ2v) is 3.54. The standard InChI is InChI=1S/C11H7ClN2O3/c12-8-3-1-2-4-10(8)17-11-5-6-13-7-9(11)14(15)16/h1-7H. The van der Waals surface area contributed by atoms with Crippen LogP contribution < -0.4 is 4.74 Å². The van der Waals surface area contributed by atoms with Gasteiger partial charge in [-0.3, -0.25) is 15.1 Å². The van der Waals surface area contributed by atoms with Crippen LogP contribution in [0.4, 0.5) is 5.69 Å². The molecule has 2 aromatic rings. The highest BCUT2D eigenvalue weighted by Crippen LogP contribution is 2.33. The highest BCUT2D eigenvalue weighted by molar-refractivity contribution is 6.32. The summed E-state index contributed by atoms with van der Waals surface area (Å²) in [5.74, 6) is 0.474. The first kappa shape index (κ1) is 11.3. The van der Waals surface area contributed by atoms with Crippen molar-refractivity contribution in [2.75, 3.05) is 0 Å². The Balaban J connectivity index is 2.37. The minimum Gasteiger partial charge on any atom is -0.448 e. The van der Waals surface area contributed by atoms with Crippen LogP contribution in [0.25, 0.3) is 0 Å². The molecule has 17 heavy (non-hydrogen) atoms. The molecule has 0 radical (unpaired) electrons. The third-order valence-corrected chi connectivity index (χ3v) is 2.33. The van der Waals surface area contributed by atoms with Gasteiger partial charge in [0.15, 0.2) is 0 Å². The normalized spacial score (nSPS) is 9.94. The van der Waals surface area contributed by atoms with Crippen LogP contribution in [0.15, 0.2) is 42.7 Å². The predicted octanol–water partition coefficient (Wildman–Crippen LogP) is 3.44. The van der Waals surface area contributed by atoms with Crippen LogP contribution in [-0.4, -0.2) is 9.91 Å². The van der Waals surface area contributed by atoms with Crippen molar-refractivity contribution >= 4 is 17.3 Å². The van der Waals surface area contributed by atoms with Crippen LogP contribution in [0.2, 0.25) is 5.02 Å². The summed E-state index contributed by atoms with van der Waals surface area (Å²) in [6.07, 6.45) is 2.55. The lowest BCUT2D eigenvalue weighted by Crippen LogP contribution is -1.94. The number of nitro groups is 1. The number of nitrogens with zero attached hydrogens (tertiary/aromatic N) is 2. The van der Waals surface area contributed by atoms with Gasteiger partial charge in [-0.1, -0.05) is 23.7 Å². The van der Waals surface area contributed by atoms with E-state index in [2.05, 4.69) is 4.98 Å². The molecule has 0 aliphatic rings. The highest BCUT2D eigenvalue weighted by atomic mass is 35.5. The lowest BCUT2D eigenvalue weighted by Gasteiger charge is -2.06. The monoisotopic (exact) mass is 250 g/mol. The Morgan fingerprint density at radius 2 is 2.00 bits per heavy atom. The van der Waals surface area contributed by atoms with E-state index in [0.717, 1.165) is 6.20 Å². The summed E-state index contributed by atoms with van der Waals surface area (Å²) in [7, 11) is 0. The van der Waals surface area contributed by atoms with E-state index in [-0.39, 0.29) is 11.4 Å². The Morgan fingerprint density at radius 1 is 1.24 bits per heavy atom. The van der Waals surface area contributed by atoms with E-state index in [1.54, 1.807) is 24.3 Å². The van der Waals surface area contributed by atoms with Gasteiger partial charge in [-0.25, -0.2) is 0 Å². The molecule has 0 spiro atoms. The average molecular weight is 251 g/mol. The maximum atomic E-state index is 10.7. The summed E-state index contributed by atoms with van der Waals surface area (Å²) >= 11 is 5.90.